The Morgan fingerprint density at radius 2 is 2.00 bits per heavy atom. The number of amides is 1. The molecule has 0 unspecified atom stereocenters. The molecule has 0 bridgehead atoms. The van der Waals surface area contributed by atoms with E-state index in [9.17, 15) is 14.3 Å². The van der Waals surface area contributed by atoms with Crippen LogP contribution >= 0.6 is 15.9 Å². The molecular weight excluding hydrogens is 327 g/mol. The maximum absolute atomic E-state index is 13.3. The number of rotatable bonds is 3. The molecule has 102 valence electrons. The Morgan fingerprint density at radius 1 is 1.30 bits per heavy atom. The molecule has 2 rings (SSSR count). The van der Waals surface area contributed by atoms with Gasteiger partial charge in [-0.3, -0.25) is 4.79 Å². The zero-order valence-electron chi connectivity index (χ0n) is 10.2. The van der Waals surface area contributed by atoms with Crippen molar-refractivity contribution in [3.63, 3.8) is 0 Å². The summed E-state index contributed by atoms with van der Waals surface area (Å²) in [6, 6.07) is 11.2. The molecule has 0 fully saturated rings. The van der Waals surface area contributed by atoms with Crippen molar-refractivity contribution in [3.05, 3.63) is 63.9 Å². The first-order valence-corrected chi connectivity index (χ1v) is 6.43. The first kappa shape index (κ1) is 14.2. The Bertz CT molecular complexity index is 660. The number of hydrogen-bond acceptors (Lipinski definition) is 3. The van der Waals surface area contributed by atoms with Gasteiger partial charge in [0.25, 0.3) is 5.91 Å². The van der Waals surface area contributed by atoms with Gasteiger partial charge in [0.05, 0.1) is 6.21 Å². The fourth-order valence-corrected chi connectivity index (χ4v) is 1.95. The number of carbonyl (C=O) groups excluding carboxylic acids is 1. The van der Waals surface area contributed by atoms with E-state index in [2.05, 4.69) is 26.5 Å². The van der Waals surface area contributed by atoms with Crippen molar-refractivity contribution in [2.75, 3.05) is 0 Å². The third kappa shape index (κ3) is 3.42. The number of aromatic hydroxyl groups is 1. The van der Waals surface area contributed by atoms with Gasteiger partial charge in [-0.1, -0.05) is 34.1 Å². The Labute approximate surface area is 123 Å². The second-order valence-corrected chi connectivity index (χ2v) is 4.81. The van der Waals surface area contributed by atoms with Gasteiger partial charge in [-0.15, -0.1) is 0 Å². The van der Waals surface area contributed by atoms with Crippen LogP contribution in [0.15, 0.2) is 52.0 Å². The molecule has 20 heavy (non-hydrogen) atoms. The highest BCUT2D eigenvalue weighted by Gasteiger charge is 2.07. The van der Waals surface area contributed by atoms with Crippen molar-refractivity contribution in [3.8, 4) is 5.75 Å². The predicted molar refractivity (Wildman–Crippen MR) is 77.3 cm³/mol. The summed E-state index contributed by atoms with van der Waals surface area (Å²) in [6.07, 6.45) is 1.17. The summed E-state index contributed by atoms with van der Waals surface area (Å²) >= 11 is 3.10. The molecule has 0 radical (unpaired) electrons. The molecule has 0 saturated heterocycles. The Morgan fingerprint density at radius 3 is 2.70 bits per heavy atom. The maximum atomic E-state index is 13.3. The lowest BCUT2D eigenvalue weighted by Gasteiger charge is -2.02. The van der Waals surface area contributed by atoms with E-state index in [1.807, 2.05) is 0 Å². The van der Waals surface area contributed by atoms with Crippen LogP contribution < -0.4 is 5.43 Å². The first-order chi connectivity index (χ1) is 9.58. The highest BCUT2D eigenvalue weighted by atomic mass is 79.9. The molecule has 0 aliphatic carbocycles. The van der Waals surface area contributed by atoms with Gasteiger partial charge in [0, 0.05) is 15.6 Å². The van der Waals surface area contributed by atoms with Gasteiger partial charge in [-0.2, -0.15) is 5.10 Å². The molecule has 1 amide bonds. The molecule has 0 aliphatic heterocycles. The van der Waals surface area contributed by atoms with Crippen LogP contribution in [0.5, 0.6) is 5.75 Å². The lowest BCUT2D eigenvalue weighted by molar-refractivity contribution is 0.0955. The zero-order chi connectivity index (χ0) is 14.5. The van der Waals surface area contributed by atoms with E-state index in [4.69, 9.17) is 0 Å². The number of hydrazone groups is 1. The van der Waals surface area contributed by atoms with Gasteiger partial charge in [-0.25, -0.2) is 9.82 Å². The van der Waals surface area contributed by atoms with Gasteiger partial charge in [0.2, 0.25) is 0 Å². The largest absolute Gasteiger partial charge is 0.504 e. The molecular formula is C14H10BrFN2O2. The fraction of sp³-hybridized carbons (Fsp3) is 0. The van der Waals surface area contributed by atoms with Crippen LogP contribution in [0.2, 0.25) is 0 Å². The maximum Gasteiger partial charge on any atom is 0.271 e. The minimum absolute atomic E-state index is 0.158. The average Bonchev–Trinajstić information content (AvgIpc) is 2.44. The summed E-state index contributed by atoms with van der Waals surface area (Å²) in [5.41, 5.74) is 2.91. The lowest BCUT2D eigenvalue weighted by Crippen LogP contribution is -2.17. The topological polar surface area (TPSA) is 61.7 Å². The van der Waals surface area contributed by atoms with Crippen molar-refractivity contribution in [1.82, 2.24) is 5.43 Å². The third-order valence-corrected chi connectivity index (χ3v) is 2.92. The zero-order valence-corrected chi connectivity index (χ0v) is 11.8. The van der Waals surface area contributed by atoms with Crippen molar-refractivity contribution >= 4 is 28.1 Å². The minimum atomic E-state index is -0.768. The standard InChI is InChI=1S/C14H10BrFN2O2/c15-11-6-10(13(19)12(16)7-11)8-17-18-14(20)9-4-2-1-3-5-9/h1-8,19H,(H,18,20)/b17-8-. The quantitative estimate of drug-likeness (QED) is 0.668. The van der Waals surface area contributed by atoms with E-state index in [1.54, 1.807) is 30.3 Å². The number of nitrogens with one attached hydrogen (secondary N) is 1. The minimum Gasteiger partial charge on any atom is -0.504 e. The molecule has 2 aromatic rings. The lowest BCUT2D eigenvalue weighted by atomic mass is 10.2. The van der Waals surface area contributed by atoms with Crippen LogP contribution in [0.4, 0.5) is 4.39 Å². The number of phenolic OH excluding ortho intramolecular Hbond substituents is 1. The number of hydrogen-bond donors (Lipinski definition) is 2. The van der Waals surface area contributed by atoms with Gasteiger partial charge in [0.15, 0.2) is 11.6 Å². The van der Waals surface area contributed by atoms with Crippen LogP contribution in [0.25, 0.3) is 0 Å². The Balaban J connectivity index is 2.10. The molecule has 2 N–H and O–H groups in total. The third-order valence-electron chi connectivity index (χ3n) is 2.46. The number of halogens is 2. The second-order valence-electron chi connectivity index (χ2n) is 3.89. The van der Waals surface area contributed by atoms with Crippen molar-refractivity contribution in [1.29, 1.82) is 0 Å². The van der Waals surface area contributed by atoms with Crippen molar-refractivity contribution in [2.24, 2.45) is 5.10 Å². The highest BCUT2D eigenvalue weighted by molar-refractivity contribution is 9.10. The van der Waals surface area contributed by atoms with Gasteiger partial charge in [0.1, 0.15) is 0 Å². The summed E-state index contributed by atoms with van der Waals surface area (Å²) in [7, 11) is 0. The van der Waals surface area contributed by atoms with Gasteiger partial charge >= 0.3 is 0 Å². The highest BCUT2D eigenvalue weighted by Crippen LogP contribution is 2.24. The van der Waals surface area contributed by atoms with Gasteiger partial charge in [-0.05, 0) is 24.3 Å². The number of nitrogens with zero attached hydrogens (tertiary/aromatic N) is 1. The van der Waals surface area contributed by atoms with E-state index >= 15 is 0 Å². The Kier molecular flexibility index (Phi) is 4.47. The number of benzene rings is 2. The van der Waals surface area contributed by atoms with Crippen LogP contribution in [-0.2, 0) is 0 Å². The molecule has 0 aliphatic rings. The molecule has 2 aromatic carbocycles. The number of phenols is 1. The van der Waals surface area contributed by atoms with E-state index in [1.165, 1.54) is 12.3 Å². The van der Waals surface area contributed by atoms with Crippen LogP contribution in [0.1, 0.15) is 15.9 Å². The van der Waals surface area contributed by atoms with E-state index in [-0.39, 0.29) is 5.56 Å². The monoisotopic (exact) mass is 336 g/mol. The van der Waals surface area contributed by atoms with Crippen LogP contribution in [0, 0.1) is 5.82 Å². The van der Waals surface area contributed by atoms with Gasteiger partial charge < -0.3 is 5.11 Å². The summed E-state index contributed by atoms with van der Waals surface area (Å²) < 4.78 is 13.7. The smallest absolute Gasteiger partial charge is 0.271 e. The molecule has 0 saturated carbocycles. The normalized spacial score (nSPS) is 10.7. The van der Waals surface area contributed by atoms with E-state index in [0.29, 0.717) is 10.0 Å². The fourth-order valence-electron chi connectivity index (χ4n) is 1.50. The summed E-state index contributed by atoms with van der Waals surface area (Å²) in [6.45, 7) is 0. The summed E-state index contributed by atoms with van der Waals surface area (Å²) in [5, 5.41) is 13.2. The molecule has 0 heterocycles. The number of carbonyl (C=O) groups is 1. The van der Waals surface area contributed by atoms with Crippen molar-refractivity contribution in [2.45, 2.75) is 0 Å². The van der Waals surface area contributed by atoms with Crippen molar-refractivity contribution < 1.29 is 14.3 Å². The SMILES string of the molecule is O=C(N/N=C\c1cc(Br)cc(F)c1O)c1ccccc1. The van der Waals surface area contributed by atoms with E-state index in [0.717, 1.165) is 6.07 Å². The molecule has 4 nitrogen and oxygen atoms in total. The summed E-state index contributed by atoms with van der Waals surface area (Å²) in [5.74, 6) is -1.68. The van der Waals surface area contributed by atoms with Crippen LogP contribution in [0.3, 0.4) is 0 Å². The molecule has 0 spiro atoms. The Hall–Kier alpha value is -2.21. The summed E-state index contributed by atoms with van der Waals surface area (Å²) in [4.78, 5) is 11.7. The second kappa shape index (κ2) is 6.29. The average molecular weight is 337 g/mol. The van der Waals surface area contributed by atoms with Crippen LogP contribution in [-0.4, -0.2) is 17.2 Å². The molecule has 0 aromatic heterocycles. The predicted octanol–water partition coefficient (Wildman–Crippen LogP) is 3.06. The van der Waals surface area contributed by atoms with E-state index < -0.39 is 17.5 Å². The first-order valence-electron chi connectivity index (χ1n) is 5.64. The molecule has 6 heteroatoms. The molecule has 0 atom stereocenters.